The van der Waals surface area contributed by atoms with Crippen molar-refractivity contribution in [2.24, 2.45) is 5.92 Å². The second-order valence-electron chi connectivity index (χ2n) is 7.17. The Morgan fingerprint density at radius 2 is 2.16 bits per heavy atom. The zero-order chi connectivity index (χ0) is 17.1. The van der Waals surface area contributed by atoms with E-state index in [9.17, 15) is 0 Å². The molecule has 0 saturated carbocycles. The minimum atomic E-state index is 0.263. The van der Waals surface area contributed by atoms with Crippen LogP contribution < -0.4 is 5.32 Å². The van der Waals surface area contributed by atoms with Crippen LogP contribution in [0.4, 0.5) is 5.82 Å². The highest BCUT2D eigenvalue weighted by atomic mass is 16.5. The molecule has 5 heteroatoms. The molecule has 0 radical (unpaired) electrons. The molecule has 25 heavy (non-hydrogen) atoms. The molecule has 3 atom stereocenters. The van der Waals surface area contributed by atoms with Crippen LogP contribution in [-0.2, 0) is 11.3 Å². The SMILES string of the molecule is Cc1cccc(CN2C[C@@H]3CCCO[C@@H]3[C@H](Nc3ccccn3)C2)n1. The van der Waals surface area contributed by atoms with Gasteiger partial charge in [0.1, 0.15) is 5.82 Å². The fraction of sp³-hybridized carbons (Fsp3) is 0.500. The van der Waals surface area contributed by atoms with Crippen molar-refractivity contribution < 1.29 is 4.74 Å². The average molecular weight is 338 g/mol. The number of aryl methyl sites for hydroxylation is 1. The number of hydrogen-bond donors (Lipinski definition) is 1. The number of nitrogens with zero attached hydrogens (tertiary/aromatic N) is 3. The number of pyridine rings is 2. The van der Waals surface area contributed by atoms with Crippen LogP contribution in [0.1, 0.15) is 24.2 Å². The molecule has 1 N–H and O–H groups in total. The summed E-state index contributed by atoms with van der Waals surface area (Å²) in [7, 11) is 0. The number of aromatic nitrogens is 2. The molecule has 4 heterocycles. The summed E-state index contributed by atoms with van der Waals surface area (Å²) in [5, 5.41) is 3.61. The highest BCUT2D eigenvalue weighted by Crippen LogP contribution is 2.30. The lowest BCUT2D eigenvalue weighted by molar-refractivity contribution is -0.0749. The lowest BCUT2D eigenvalue weighted by Gasteiger charge is -2.46. The van der Waals surface area contributed by atoms with Crippen molar-refractivity contribution in [3.63, 3.8) is 0 Å². The summed E-state index contributed by atoms with van der Waals surface area (Å²) in [5.41, 5.74) is 2.23. The molecular formula is C20H26N4O. The second-order valence-corrected chi connectivity index (χ2v) is 7.17. The summed E-state index contributed by atoms with van der Waals surface area (Å²) >= 11 is 0. The van der Waals surface area contributed by atoms with Crippen molar-refractivity contribution in [3.8, 4) is 0 Å². The van der Waals surface area contributed by atoms with Crippen LogP contribution in [0.5, 0.6) is 0 Å². The minimum absolute atomic E-state index is 0.263. The Kier molecular flexibility index (Phi) is 4.95. The Balaban J connectivity index is 1.50. The Morgan fingerprint density at radius 3 is 3.00 bits per heavy atom. The molecule has 2 fully saturated rings. The first kappa shape index (κ1) is 16.5. The van der Waals surface area contributed by atoms with Gasteiger partial charge in [-0.1, -0.05) is 12.1 Å². The molecular weight excluding hydrogens is 312 g/mol. The van der Waals surface area contributed by atoms with Gasteiger partial charge in [0.05, 0.1) is 17.8 Å². The molecule has 132 valence electrons. The highest BCUT2D eigenvalue weighted by molar-refractivity contribution is 5.35. The van der Waals surface area contributed by atoms with Crippen LogP contribution in [0.2, 0.25) is 0 Å². The molecule has 0 bridgehead atoms. The van der Waals surface area contributed by atoms with Gasteiger partial charge >= 0.3 is 0 Å². The van der Waals surface area contributed by atoms with Crippen molar-refractivity contribution in [1.82, 2.24) is 14.9 Å². The van der Waals surface area contributed by atoms with E-state index in [-0.39, 0.29) is 12.1 Å². The summed E-state index contributed by atoms with van der Waals surface area (Å²) in [4.78, 5) is 11.6. The first-order valence-electron chi connectivity index (χ1n) is 9.22. The molecule has 2 aromatic rings. The number of anilines is 1. The number of nitrogens with one attached hydrogen (secondary N) is 1. The van der Waals surface area contributed by atoms with Crippen LogP contribution in [0, 0.1) is 12.8 Å². The zero-order valence-electron chi connectivity index (χ0n) is 14.8. The molecule has 5 nitrogen and oxygen atoms in total. The van der Waals surface area contributed by atoms with Gasteiger partial charge in [-0.2, -0.15) is 0 Å². The second kappa shape index (κ2) is 7.50. The van der Waals surface area contributed by atoms with Crippen molar-refractivity contribution in [2.45, 2.75) is 38.5 Å². The molecule has 2 aliphatic rings. The van der Waals surface area contributed by atoms with Crippen molar-refractivity contribution in [3.05, 3.63) is 54.0 Å². The average Bonchev–Trinajstić information content (AvgIpc) is 2.63. The van der Waals surface area contributed by atoms with Crippen molar-refractivity contribution >= 4 is 5.82 Å². The molecule has 0 aromatic carbocycles. The molecule has 0 aliphatic carbocycles. The van der Waals surface area contributed by atoms with Gasteiger partial charge in [0.25, 0.3) is 0 Å². The lowest BCUT2D eigenvalue weighted by Crippen LogP contribution is -2.57. The third-order valence-corrected chi connectivity index (χ3v) is 5.17. The Bertz CT molecular complexity index is 693. The molecule has 0 amide bonds. The topological polar surface area (TPSA) is 50.3 Å². The Morgan fingerprint density at radius 1 is 1.20 bits per heavy atom. The molecule has 4 rings (SSSR count). The monoisotopic (exact) mass is 338 g/mol. The van der Waals surface area contributed by atoms with E-state index in [4.69, 9.17) is 4.74 Å². The van der Waals surface area contributed by atoms with Crippen LogP contribution in [0.25, 0.3) is 0 Å². The summed E-state index contributed by atoms with van der Waals surface area (Å²) in [5.74, 6) is 1.50. The van der Waals surface area contributed by atoms with E-state index in [1.807, 2.05) is 24.4 Å². The van der Waals surface area contributed by atoms with Gasteiger partial charge in [0, 0.05) is 38.1 Å². The number of ether oxygens (including phenoxy) is 1. The summed E-state index contributed by atoms with van der Waals surface area (Å²) < 4.78 is 6.15. The van der Waals surface area contributed by atoms with Gasteiger partial charge in [0.15, 0.2) is 0 Å². The molecule has 2 aliphatic heterocycles. The molecule has 2 aromatic heterocycles. The standard InChI is InChI=1S/C20H26N4O/c1-15-6-4-8-17(22-15)13-24-12-16-7-5-11-25-20(16)18(14-24)23-19-9-2-3-10-21-19/h2-4,6,8-10,16,18,20H,5,7,11-14H2,1H3,(H,21,23)/t16-,18+,20-/m0/s1. The van der Waals surface area contributed by atoms with E-state index < -0.39 is 0 Å². The normalized spacial score (nSPS) is 26.8. The van der Waals surface area contributed by atoms with E-state index >= 15 is 0 Å². The van der Waals surface area contributed by atoms with E-state index in [0.29, 0.717) is 5.92 Å². The van der Waals surface area contributed by atoms with Gasteiger partial charge in [-0.15, -0.1) is 0 Å². The van der Waals surface area contributed by atoms with Crippen LogP contribution in [0.15, 0.2) is 42.6 Å². The van der Waals surface area contributed by atoms with E-state index in [1.54, 1.807) is 0 Å². The number of hydrogen-bond acceptors (Lipinski definition) is 5. The summed E-state index contributed by atoms with van der Waals surface area (Å²) in [6, 6.07) is 12.5. The minimum Gasteiger partial charge on any atom is -0.376 e. The van der Waals surface area contributed by atoms with Gasteiger partial charge < -0.3 is 10.1 Å². The first-order valence-corrected chi connectivity index (χ1v) is 9.22. The molecule has 0 unspecified atom stereocenters. The number of likely N-dealkylation sites (tertiary alicyclic amines) is 1. The van der Waals surface area contributed by atoms with Crippen molar-refractivity contribution in [1.29, 1.82) is 0 Å². The number of rotatable bonds is 4. The molecule has 0 spiro atoms. The van der Waals surface area contributed by atoms with E-state index in [1.165, 1.54) is 6.42 Å². The third-order valence-electron chi connectivity index (χ3n) is 5.17. The highest BCUT2D eigenvalue weighted by Gasteiger charge is 2.39. The smallest absolute Gasteiger partial charge is 0.126 e. The summed E-state index contributed by atoms with van der Waals surface area (Å²) in [6.07, 6.45) is 4.51. The van der Waals surface area contributed by atoms with Crippen LogP contribution in [0.3, 0.4) is 0 Å². The van der Waals surface area contributed by atoms with Crippen LogP contribution in [-0.4, -0.2) is 46.7 Å². The maximum absolute atomic E-state index is 6.15. The summed E-state index contributed by atoms with van der Waals surface area (Å²) in [6.45, 7) is 5.86. The van der Waals surface area contributed by atoms with Gasteiger partial charge in [0.2, 0.25) is 0 Å². The largest absolute Gasteiger partial charge is 0.376 e. The first-order chi connectivity index (χ1) is 12.3. The predicted octanol–water partition coefficient (Wildman–Crippen LogP) is 2.88. The van der Waals surface area contributed by atoms with Gasteiger partial charge in [-0.25, -0.2) is 4.98 Å². The fourth-order valence-corrected chi connectivity index (χ4v) is 4.11. The van der Waals surface area contributed by atoms with Crippen LogP contribution >= 0.6 is 0 Å². The number of piperidine rings is 1. The third kappa shape index (κ3) is 3.99. The molecule has 2 saturated heterocycles. The quantitative estimate of drug-likeness (QED) is 0.929. The van der Waals surface area contributed by atoms with Gasteiger partial charge in [-0.3, -0.25) is 9.88 Å². The lowest BCUT2D eigenvalue weighted by atomic mass is 9.85. The van der Waals surface area contributed by atoms with E-state index in [0.717, 1.165) is 49.9 Å². The maximum Gasteiger partial charge on any atom is 0.126 e. The zero-order valence-corrected chi connectivity index (χ0v) is 14.8. The van der Waals surface area contributed by atoms with Gasteiger partial charge in [-0.05, 0) is 49.9 Å². The fourth-order valence-electron chi connectivity index (χ4n) is 4.11. The predicted molar refractivity (Wildman–Crippen MR) is 98.4 cm³/mol. The van der Waals surface area contributed by atoms with E-state index in [2.05, 4.69) is 45.3 Å². The van der Waals surface area contributed by atoms with Crippen molar-refractivity contribution in [2.75, 3.05) is 25.0 Å². The maximum atomic E-state index is 6.15. The Labute approximate surface area is 149 Å². The number of fused-ring (bicyclic) bond motifs is 1. The Hall–Kier alpha value is -1.98.